The zero-order chi connectivity index (χ0) is 15.3. The van der Waals surface area contributed by atoms with Crippen LogP contribution in [0.3, 0.4) is 0 Å². The van der Waals surface area contributed by atoms with E-state index in [4.69, 9.17) is 5.73 Å². The van der Waals surface area contributed by atoms with Gasteiger partial charge in [-0.25, -0.2) is 0 Å². The molecular weight excluding hydrogens is 252 g/mol. The van der Waals surface area contributed by atoms with Gasteiger partial charge >= 0.3 is 0 Å². The second kappa shape index (κ2) is 7.41. The van der Waals surface area contributed by atoms with Gasteiger partial charge in [0.05, 0.1) is 18.7 Å². The number of likely N-dealkylation sites (N-methyl/N-ethyl adjacent to an activating group) is 1. The molecule has 0 radical (unpaired) electrons. The summed E-state index contributed by atoms with van der Waals surface area (Å²) in [5.74, 6) is -0.0123. The molecule has 0 bridgehead atoms. The topological polar surface area (TPSA) is 66.6 Å². The van der Waals surface area contributed by atoms with Crippen molar-refractivity contribution in [3.63, 3.8) is 0 Å². The van der Waals surface area contributed by atoms with Crippen molar-refractivity contribution in [1.82, 2.24) is 4.90 Å². The number of nitrogens with zero attached hydrogens (tertiary/aromatic N) is 1. The summed E-state index contributed by atoms with van der Waals surface area (Å²) in [4.78, 5) is 13.8. The lowest BCUT2D eigenvalue weighted by Crippen LogP contribution is -2.47. The highest BCUT2D eigenvalue weighted by Crippen LogP contribution is 2.16. The van der Waals surface area contributed by atoms with E-state index < -0.39 is 12.1 Å². The van der Waals surface area contributed by atoms with E-state index >= 15 is 0 Å². The van der Waals surface area contributed by atoms with Crippen molar-refractivity contribution >= 4 is 5.91 Å². The average molecular weight is 278 g/mol. The summed E-state index contributed by atoms with van der Waals surface area (Å²) in [6, 6.07) is 7.18. The van der Waals surface area contributed by atoms with Gasteiger partial charge in [-0.15, -0.1) is 0 Å². The van der Waals surface area contributed by atoms with E-state index in [0.717, 1.165) is 11.1 Å². The van der Waals surface area contributed by atoms with Crippen molar-refractivity contribution < 1.29 is 9.90 Å². The zero-order valence-corrected chi connectivity index (χ0v) is 12.8. The largest absolute Gasteiger partial charge is 0.387 e. The zero-order valence-electron chi connectivity index (χ0n) is 12.8. The van der Waals surface area contributed by atoms with E-state index in [1.165, 1.54) is 0 Å². The number of aryl methyl sites for hydroxylation is 1. The first kappa shape index (κ1) is 16.7. The van der Waals surface area contributed by atoms with Crippen molar-refractivity contribution in [3.8, 4) is 0 Å². The third kappa shape index (κ3) is 4.32. The molecule has 4 nitrogen and oxygen atoms in total. The molecular formula is C16H26N2O2. The lowest BCUT2D eigenvalue weighted by molar-refractivity contribution is -0.134. The van der Waals surface area contributed by atoms with Crippen molar-refractivity contribution in [1.29, 1.82) is 0 Å². The fraction of sp³-hybridized carbons (Fsp3) is 0.562. The summed E-state index contributed by atoms with van der Waals surface area (Å²) < 4.78 is 0. The molecule has 3 N–H and O–H groups in total. The number of aliphatic hydroxyl groups excluding tert-OH is 1. The Labute approximate surface area is 121 Å². The Morgan fingerprint density at radius 2 is 1.85 bits per heavy atom. The summed E-state index contributed by atoms with van der Waals surface area (Å²) in [6.07, 6.45) is -0.682. The van der Waals surface area contributed by atoms with E-state index in [1.807, 2.05) is 52.0 Å². The molecule has 1 aromatic rings. The number of hydrogen-bond acceptors (Lipinski definition) is 3. The SMILES string of the molecule is CCN(CC(O)c1ccc(C)cc1)C(=O)C(N)C(C)C. The van der Waals surface area contributed by atoms with Crippen LogP contribution in [-0.4, -0.2) is 35.0 Å². The molecule has 0 aliphatic rings. The van der Waals surface area contributed by atoms with Gasteiger partial charge in [-0.2, -0.15) is 0 Å². The van der Waals surface area contributed by atoms with Crippen LogP contribution < -0.4 is 5.73 Å². The van der Waals surface area contributed by atoms with Gasteiger partial charge in [0.1, 0.15) is 0 Å². The Bertz CT molecular complexity index is 429. The number of aliphatic hydroxyl groups is 1. The van der Waals surface area contributed by atoms with Gasteiger partial charge < -0.3 is 15.7 Å². The average Bonchev–Trinajstić information content (AvgIpc) is 2.43. The Hall–Kier alpha value is -1.39. The summed E-state index contributed by atoms with van der Waals surface area (Å²) in [5.41, 5.74) is 7.86. The molecule has 2 unspecified atom stereocenters. The minimum absolute atomic E-state index is 0.0908. The number of rotatable bonds is 6. The van der Waals surface area contributed by atoms with E-state index in [2.05, 4.69) is 0 Å². The standard InChI is InChI=1S/C16H26N2O2/c1-5-18(16(20)15(17)11(2)3)10-14(19)13-8-6-12(4)7-9-13/h6-9,11,14-15,19H,5,10,17H2,1-4H3. The minimum Gasteiger partial charge on any atom is -0.387 e. The van der Waals surface area contributed by atoms with Gasteiger partial charge in [0.2, 0.25) is 5.91 Å². The highest BCUT2D eigenvalue weighted by molar-refractivity contribution is 5.81. The van der Waals surface area contributed by atoms with Gasteiger partial charge in [0.25, 0.3) is 0 Å². The highest BCUT2D eigenvalue weighted by atomic mass is 16.3. The molecule has 0 fully saturated rings. The highest BCUT2D eigenvalue weighted by Gasteiger charge is 2.24. The Morgan fingerprint density at radius 3 is 2.30 bits per heavy atom. The van der Waals surface area contributed by atoms with Crippen LogP contribution in [0.25, 0.3) is 0 Å². The van der Waals surface area contributed by atoms with E-state index in [-0.39, 0.29) is 18.4 Å². The third-order valence-electron chi connectivity index (χ3n) is 3.55. The third-order valence-corrected chi connectivity index (χ3v) is 3.55. The monoisotopic (exact) mass is 278 g/mol. The summed E-state index contributed by atoms with van der Waals surface area (Å²) in [6.45, 7) is 8.56. The molecule has 0 saturated heterocycles. The van der Waals surface area contributed by atoms with Gasteiger partial charge in [0, 0.05) is 6.54 Å². The number of carbonyl (C=O) groups is 1. The van der Waals surface area contributed by atoms with E-state index in [9.17, 15) is 9.90 Å². The smallest absolute Gasteiger partial charge is 0.239 e. The molecule has 0 heterocycles. The second-order valence-electron chi connectivity index (χ2n) is 5.57. The maximum absolute atomic E-state index is 12.2. The van der Waals surface area contributed by atoms with Crippen molar-refractivity contribution in [3.05, 3.63) is 35.4 Å². The molecule has 0 aliphatic heterocycles. The summed E-state index contributed by atoms with van der Waals surface area (Å²) in [5, 5.41) is 10.2. The van der Waals surface area contributed by atoms with E-state index in [0.29, 0.717) is 6.54 Å². The molecule has 0 aromatic heterocycles. The molecule has 20 heavy (non-hydrogen) atoms. The number of nitrogens with two attached hydrogens (primary N) is 1. The Morgan fingerprint density at radius 1 is 1.30 bits per heavy atom. The van der Waals surface area contributed by atoms with Crippen LogP contribution in [0.5, 0.6) is 0 Å². The number of amides is 1. The van der Waals surface area contributed by atoms with Crippen LogP contribution >= 0.6 is 0 Å². The van der Waals surface area contributed by atoms with Crippen LogP contribution in [0.1, 0.15) is 38.0 Å². The first-order chi connectivity index (χ1) is 9.36. The molecule has 0 aliphatic carbocycles. The molecule has 4 heteroatoms. The Kier molecular flexibility index (Phi) is 6.17. The van der Waals surface area contributed by atoms with Crippen molar-refractivity contribution in [2.75, 3.05) is 13.1 Å². The fourth-order valence-electron chi connectivity index (χ4n) is 1.97. The van der Waals surface area contributed by atoms with Crippen LogP contribution in [0.15, 0.2) is 24.3 Å². The number of hydrogen-bond donors (Lipinski definition) is 2. The van der Waals surface area contributed by atoms with Crippen molar-refractivity contribution in [2.24, 2.45) is 11.7 Å². The summed E-state index contributed by atoms with van der Waals surface area (Å²) in [7, 11) is 0. The molecule has 1 aromatic carbocycles. The van der Waals surface area contributed by atoms with Crippen LogP contribution in [0.4, 0.5) is 0 Å². The lowest BCUT2D eigenvalue weighted by atomic mass is 10.0. The predicted octanol–water partition coefficient (Wildman–Crippen LogP) is 1.86. The van der Waals surface area contributed by atoms with Gasteiger partial charge in [-0.3, -0.25) is 4.79 Å². The summed E-state index contributed by atoms with van der Waals surface area (Å²) >= 11 is 0. The van der Waals surface area contributed by atoms with Crippen LogP contribution in [-0.2, 0) is 4.79 Å². The molecule has 0 spiro atoms. The Balaban J connectivity index is 2.72. The number of benzene rings is 1. The first-order valence-electron chi connectivity index (χ1n) is 7.15. The molecule has 2 atom stereocenters. The normalized spacial score (nSPS) is 14.2. The molecule has 112 valence electrons. The maximum atomic E-state index is 12.2. The molecule has 1 rings (SSSR count). The second-order valence-corrected chi connectivity index (χ2v) is 5.57. The molecule has 0 saturated carbocycles. The van der Waals surface area contributed by atoms with Gasteiger partial charge in [0.15, 0.2) is 0 Å². The maximum Gasteiger partial charge on any atom is 0.239 e. The van der Waals surface area contributed by atoms with Crippen LogP contribution in [0, 0.1) is 12.8 Å². The predicted molar refractivity (Wildman–Crippen MR) is 81.2 cm³/mol. The van der Waals surface area contributed by atoms with Gasteiger partial charge in [-0.1, -0.05) is 43.7 Å². The van der Waals surface area contributed by atoms with Crippen LogP contribution in [0.2, 0.25) is 0 Å². The lowest BCUT2D eigenvalue weighted by Gasteiger charge is -2.28. The minimum atomic E-state index is -0.682. The first-order valence-corrected chi connectivity index (χ1v) is 7.15. The van der Waals surface area contributed by atoms with Gasteiger partial charge in [-0.05, 0) is 25.3 Å². The molecule has 1 amide bonds. The van der Waals surface area contributed by atoms with E-state index in [1.54, 1.807) is 4.90 Å². The quantitative estimate of drug-likeness (QED) is 0.834. The fourth-order valence-corrected chi connectivity index (χ4v) is 1.97. The number of carbonyl (C=O) groups excluding carboxylic acids is 1. The van der Waals surface area contributed by atoms with Crippen molar-refractivity contribution in [2.45, 2.75) is 39.8 Å².